The first-order valence-corrected chi connectivity index (χ1v) is 7.63. The summed E-state index contributed by atoms with van der Waals surface area (Å²) in [6, 6.07) is 8.82. The fourth-order valence-electron chi connectivity index (χ4n) is 2.32. The van der Waals surface area contributed by atoms with E-state index in [-0.39, 0.29) is 18.4 Å². The summed E-state index contributed by atoms with van der Waals surface area (Å²) < 4.78 is 5.08. The SMILES string of the molecule is CCOC(=O)[C@H](CCc1ccccc1)N(C(C)=O)N(C)C(C)=O. The maximum atomic E-state index is 12.3. The zero-order chi connectivity index (χ0) is 17.4. The average molecular weight is 320 g/mol. The number of hydrazine groups is 1. The van der Waals surface area contributed by atoms with Crippen molar-refractivity contribution in [2.75, 3.05) is 13.7 Å². The number of ether oxygens (including phenoxy) is 1. The van der Waals surface area contributed by atoms with Gasteiger partial charge in [-0.2, -0.15) is 0 Å². The first-order valence-electron chi connectivity index (χ1n) is 7.63. The first kappa shape index (κ1) is 18.7. The Balaban J connectivity index is 2.99. The Morgan fingerprint density at radius 3 is 2.17 bits per heavy atom. The van der Waals surface area contributed by atoms with Crippen LogP contribution < -0.4 is 0 Å². The van der Waals surface area contributed by atoms with E-state index < -0.39 is 12.0 Å². The largest absolute Gasteiger partial charge is 0.464 e. The van der Waals surface area contributed by atoms with Gasteiger partial charge in [0, 0.05) is 20.9 Å². The monoisotopic (exact) mass is 320 g/mol. The third-order valence-electron chi connectivity index (χ3n) is 3.50. The van der Waals surface area contributed by atoms with Crippen LogP contribution in [0.4, 0.5) is 0 Å². The minimum atomic E-state index is -0.832. The van der Waals surface area contributed by atoms with Crippen LogP contribution in [-0.2, 0) is 25.5 Å². The van der Waals surface area contributed by atoms with E-state index in [9.17, 15) is 14.4 Å². The number of aryl methyl sites for hydroxylation is 1. The van der Waals surface area contributed by atoms with Crippen molar-refractivity contribution in [3.05, 3.63) is 35.9 Å². The molecule has 0 N–H and O–H groups in total. The maximum Gasteiger partial charge on any atom is 0.330 e. The van der Waals surface area contributed by atoms with Gasteiger partial charge < -0.3 is 4.74 Å². The molecule has 2 amide bonds. The Labute approximate surface area is 137 Å². The molecule has 6 heteroatoms. The fraction of sp³-hybridized carbons (Fsp3) is 0.471. The van der Waals surface area contributed by atoms with Crippen LogP contribution in [0.3, 0.4) is 0 Å². The molecule has 0 aliphatic heterocycles. The Morgan fingerprint density at radius 1 is 1.09 bits per heavy atom. The Bertz CT molecular complexity index is 545. The van der Waals surface area contributed by atoms with Crippen LogP contribution in [0.5, 0.6) is 0 Å². The van der Waals surface area contributed by atoms with E-state index in [1.54, 1.807) is 6.92 Å². The molecule has 0 bridgehead atoms. The summed E-state index contributed by atoms with van der Waals surface area (Å²) >= 11 is 0. The van der Waals surface area contributed by atoms with Gasteiger partial charge in [-0.15, -0.1) is 0 Å². The number of amides is 2. The van der Waals surface area contributed by atoms with Crippen molar-refractivity contribution in [1.82, 2.24) is 10.0 Å². The van der Waals surface area contributed by atoms with Crippen molar-refractivity contribution in [2.24, 2.45) is 0 Å². The molecule has 0 radical (unpaired) electrons. The first-order chi connectivity index (χ1) is 10.9. The van der Waals surface area contributed by atoms with Crippen LogP contribution in [-0.4, -0.2) is 47.5 Å². The second kappa shape index (κ2) is 8.92. The van der Waals surface area contributed by atoms with E-state index >= 15 is 0 Å². The molecule has 0 saturated carbocycles. The molecule has 1 atom stereocenters. The number of esters is 1. The third kappa shape index (κ3) is 5.39. The van der Waals surface area contributed by atoms with E-state index in [1.165, 1.54) is 25.9 Å². The molecule has 0 unspecified atom stereocenters. The van der Waals surface area contributed by atoms with Gasteiger partial charge in [-0.1, -0.05) is 30.3 Å². The number of hydrogen-bond acceptors (Lipinski definition) is 4. The number of rotatable bonds is 6. The van der Waals surface area contributed by atoms with Gasteiger partial charge in [0.25, 0.3) is 0 Å². The molecule has 23 heavy (non-hydrogen) atoms. The standard InChI is InChI=1S/C17H24N2O4/c1-5-23-17(22)16(12-11-15-9-7-6-8-10-15)19(14(3)21)18(4)13(2)20/h6-10,16H,5,11-12H2,1-4H3/t16-/m0/s1. The van der Waals surface area contributed by atoms with Gasteiger partial charge in [0.05, 0.1) is 6.61 Å². The molecule has 0 saturated heterocycles. The van der Waals surface area contributed by atoms with Gasteiger partial charge in [0.2, 0.25) is 11.8 Å². The maximum absolute atomic E-state index is 12.3. The van der Waals surface area contributed by atoms with Crippen LogP contribution in [0.25, 0.3) is 0 Å². The average Bonchev–Trinajstić information content (AvgIpc) is 2.51. The summed E-state index contributed by atoms with van der Waals surface area (Å²) in [6.07, 6.45) is 0.972. The molecular formula is C17H24N2O4. The van der Waals surface area contributed by atoms with Crippen molar-refractivity contribution in [3.8, 4) is 0 Å². The summed E-state index contributed by atoms with van der Waals surface area (Å²) in [4.78, 5) is 35.9. The lowest BCUT2D eigenvalue weighted by molar-refractivity contribution is -0.174. The zero-order valence-electron chi connectivity index (χ0n) is 14.1. The topological polar surface area (TPSA) is 66.9 Å². The van der Waals surface area contributed by atoms with Crippen LogP contribution in [0.15, 0.2) is 30.3 Å². The van der Waals surface area contributed by atoms with Crippen molar-refractivity contribution in [1.29, 1.82) is 0 Å². The molecule has 0 spiro atoms. The second-order valence-electron chi connectivity index (χ2n) is 5.20. The van der Waals surface area contributed by atoms with Crippen molar-refractivity contribution in [3.63, 3.8) is 0 Å². The molecule has 0 aliphatic rings. The molecule has 1 aromatic rings. The number of carbonyl (C=O) groups is 3. The Morgan fingerprint density at radius 2 is 1.70 bits per heavy atom. The molecule has 1 aromatic carbocycles. The van der Waals surface area contributed by atoms with Gasteiger partial charge in [0.1, 0.15) is 0 Å². The Hall–Kier alpha value is -2.37. The molecule has 6 nitrogen and oxygen atoms in total. The summed E-state index contributed by atoms with van der Waals surface area (Å²) in [7, 11) is 1.47. The van der Waals surface area contributed by atoms with E-state index in [4.69, 9.17) is 4.74 Å². The number of benzene rings is 1. The molecule has 0 aliphatic carbocycles. The number of hydrogen-bond donors (Lipinski definition) is 0. The van der Waals surface area contributed by atoms with Crippen LogP contribution in [0.1, 0.15) is 32.8 Å². The molecule has 0 heterocycles. The summed E-state index contributed by atoms with van der Waals surface area (Å²) in [6.45, 7) is 4.60. The number of carbonyl (C=O) groups excluding carboxylic acids is 3. The third-order valence-corrected chi connectivity index (χ3v) is 3.50. The van der Waals surface area contributed by atoms with Crippen molar-refractivity contribution < 1.29 is 19.1 Å². The highest BCUT2D eigenvalue weighted by molar-refractivity contribution is 5.85. The van der Waals surface area contributed by atoms with Gasteiger partial charge in [0.15, 0.2) is 6.04 Å². The lowest BCUT2D eigenvalue weighted by Crippen LogP contribution is -2.54. The van der Waals surface area contributed by atoms with Crippen molar-refractivity contribution in [2.45, 2.75) is 39.7 Å². The molecular weight excluding hydrogens is 296 g/mol. The quantitative estimate of drug-likeness (QED) is 0.592. The highest BCUT2D eigenvalue weighted by Crippen LogP contribution is 2.14. The van der Waals surface area contributed by atoms with Gasteiger partial charge in [-0.25, -0.2) is 9.80 Å². The molecule has 0 fully saturated rings. The number of nitrogens with zero attached hydrogens (tertiary/aromatic N) is 2. The Kier molecular flexibility index (Phi) is 7.25. The summed E-state index contributed by atoms with van der Waals surface area (Å²) in [5.41, 5.74) is 1.05. The van der Waals surface area contributed by atoms with Crippen LogP contribution >= 0.6 is 0 Å². The van der Waals surface area contributed by atoms with Crippen LogP contribution in [0.2, 0.25) is 0 Å². The van der Waals surface area contributed by atoms with Crippen molar-refractivity contribution >= 4 is 17.8 Å². The van der Waals surface area contributed by atoms with Gasteiger partial charge in [-0.3, -0.25) is 14.6 Å². The minimum Gasteiger partial charge on any atom is -0.464 e. The van der Waals surface area contributed by atoms with E-state index in [1.807, 2.05) is 30.3 Å². The second-order valence-corrected chi connectivity index (χ2v) is 5.20. The van der Waals surface area contributed by atoms with Crippen LogP contribution in [0, 0.1) is 0 Å². The zero-order valence-corrected chi connectivity index (χ0v) is 14.1. The van der Waals surface area contributed by atoms with E-state index in [0.29, 0.717) is 12.8 Å². The summed E-state index contributed by atoms with van der Waals surface area (Å²) in [5, 5.41) is 2.33. The predicted molar refractivity (Wildman–Crippen MR) is 86.1 cm³/mol. The van der Waals surface area contributed by atoms with Gasteiger partial charge in [-0.05, 0) is 25.3 Å². The summed E-state index contributed by atoms with van der Waals surface area (Å²) in [5.74, 6) is -1.21. The van der Waals surface area contributed by atoms with Gasteiger partial charge >= 0.3 is 5.97 Å². The highest BCUT2D eigenvalue weighted by Gasteiger charge is 2.33. The predicted octanol–water partition coefficient (Wildman–Crippen LogP) is 1.79. The smallest absolute Gasteiger partial charge is 0.330 e. The fourth-order valence-corrected chi connectivity index (χ4v) is 2.32. The van der Waals surface area contributed by atoms with E-state index in [2.05, 4.69) is 0 Å². The molecule has 126 valence electrons. The molecule has 1 rings (SSSR count). The normalized spacial score (nSPS) is 11.5. The highest BCUT2D eigenvalue weighted by atomic mass is 16.5. The van der Waals surface area contributed by atoms with E-state index in [0.717, 1.165) is 10.6 Å². The molecule has 0 aromatic heterocycles. The minimum absolute atomic E-state index is 0.218. The lowest BCUT2D eigenvalue weighted by atomic mass is 10.0. The lowest BCUT2D eigenvalue weighted by Gasteiger charge is -2.35.